The fraction of sp³-hybridized carbons (Fsp3) is 0.118. The number of hydrogen-bond donors (Lipinski definition) is 1. The number of hydrogen-bond acceptors (Lipinski definition) is 3. The standard InChI is InChI=1S/C17H15F2N3/c1-22(2)17-13-7-4-8-14(19)16(13)15(10-20-17)21-12-6-3-5-11(18)9-12/h3-10,21H,1-2H3. The highest BCUT2D eigenvalue weighted by atomic mass is 19.1. The molecule has 0 aliphatic heterocycles. The maximum absolute atomic E-state index is 14.3. The molecule has 0 aliphatic carbocycles. The van der Waals surface area contributed by atoms with Crippen LogP contribution in [0.1, 0.15) is 0 Å². The van der Waals surface area contributed by atoms with E-state index in [9.17, 15) is 8.78 Å². The van der Waals surface area contributed by atoms with E-state index in [1.54, 1.807) is 24.4 Å². The Bertz CT molecular complexity index is 831. The maximum Gasteiger partial charge on any atom is 0.136 e. The molecule has 2 aromatic carbocycles. The van der Waals surface area contributed by atoms with Crippen LogP contribution in [0.3, 0.4) is 0 Å². The highest BCUT2D eigenvalue weighted by molar-refractivity contribution is 6.01. The Kier molecular flexibility index (Phi) is 3.63. The highest BCUT2D eigenvalue weighted by Crippen LogP contribution is 2.33. The molecule has 0 atom stereocenters. The van der Waals surface area contributed by atoms with Crippen LogP contribution in [0.15, 0.2) is 48.7 Å². The molecule has 0 saturated heterocycles. The first-order valence-corrected chi connectivity index (χ1v) is 6.83. The molecule has 22 heavy (non-hydrogen) atoms. The summed E-state index contributed by atoms with van der Waals surface area (Å²) in [6.07, 6.45) is 1.56. The smallest absolute Gasteiger partial charge is 0.136 e. The lowest BCUT2D eigenvalue weighted by Gasteiger charge is -2.17. The number of nitrogens with one attached hydrogen (secondary N) is 1. The van der Waals surface area contributed by atoms with Gasteiger partial charge in [-0.3, -0.25) is 0 Å². The van der Waals surface area contributed by atoms with Crippen molar-refractivity contribution in [2.75, 3.05) is 24.3 Å². The molecule has 0 amide bonds. The van der Waals surface area contributed by atoms with Gasteiger partial charge in [0.2, 0.25) is 0 Å². The van der Waals surface area contributed by atoms with Crippen LogP contribution in [0.5, 0.6) is 0 Å². The molecule has 3 aromatic rings. The van der Waals surface area contributed by atoms with Crippen LogP contribution in [0.4, 0.5) is 26.0 Å². The Morgan fingerprint density at radius 3 is 2.55 bits per heavy atom. The molecule has 3 nitrogen and oxygen atoms in total. The summed E-state index contributed by atoms with van der Waals surface area (Å²) < 4.78 is 27.6. The fourth-order valence-corrected chi connectivity index (χ4v) is 2.42. The van der Waals surface area contributed by atoms with Crippen LogP contribution in [0.2, 0.25) is 0 Å². The monoisotopic (exact) mass is 299 g/mol. The zero-order valence-electron chi connectivity index (χ0n) is 12.3. The van der Waals surface area contributed by atoms with E-state index in [4.69, 9.17) is 0 Å². The lowest BCUT2D eigenvalue weighted by atomic mass is 10.1. The summed E-state index contributed by atoms with van der Waals surface area (Å²) in [7, 11) is 3.71. The van der Waals surface area contributed by atoms with Crippen molar-refractivity contribution >= 4 is 28.0 Å². The Morgan fingerprint density at radius 2 is 1.82 bits per heavy atom. The summed E-state index contributed by atoms with van der Waals surface area (Å²) in [4.78, 5) is 6.20. The number of nitrogens with zero attached hydrogens (tertiary/aromatic N) is 2. The molecule has 0 fully saturated rings. The molecular weight excluding hydrogens is 284 g/mol. The normalized spacial score (nSPS) is 10.7. The molecular formula is C17H15F2N3. The van der Waals surface area contributed by atoms with Crippen LogP contribution in [-0.2, 0) is 0 Å². The molecule has 1 aromatic heterocycles. The summed E-state index contributed by atoms with van der Waals surface area (Å²) in [5, 5.41) is 4.17. The van der Waals surface area contributed by atoms with E-state index in [1.165, 1.54) is 18.2 Å². The van der Waals surface area contributed by atoms with Gasteiger partial charge < -0.3 is 10.2 Å². The lowest BCUT2D eigenvalue weighted by molar-refractivity contribution is 0.628. The van der Waals surface area contributed by atoms with Gasteiger partial charge in [-0.1, -0.05) is 18.2 Å². The fourth-order valence-electron chi connectivity index (χ4n) is 2.42. The first kappa shape index (κ1) is 14.3. The minimum Gasteiger partial charge on any atom is -0.362 e. The molecule has 0 aliphatic rings. The van der Waals surface area contributed by atoms with Crippen molar-refractivity contribution in [1.29, 1.82) is 0 Å². The first-order valence-electron chi connectivity index (χ1n) is 6.83. The van der Waals surface area contributed by atoms with Crippen LogP contribution in [0.25, 0.3) is 10.8 Å². The predicted molar refractivity (Wildman–Crippen MR) is 85.7 cm³/mol. The van der Waals surface area contributed by atoms with Gasteiger partial charge in [-0.25, -0.2) is 13.8 Å². The third-order valence-electron chi connectivity index (χ3n) is 3.37. The second-order valence-corrected chi connectivity index (χ2v) is 5.19. The summed E-state index contributed by atoms with van der Waals surface area (Å²) in [5.41, 5.74) is 1.05. The molecule has 0 unspecified atom stereocenters. The van der Waals surface area contributed by atoms with Gasteiger partial charge in [-0.15, -0.1) is 0 Å². The van der Waals surface area contributed by atoms with Crippen LogP contribution in [-0.4, -0.2) is 19.1 Å². The van der Waals surface area contributed by atoms with E-state index < -0.39 is 0 Å². The second-order valence-electron chi connectivity index (χ2n) is 5.19. The Hall–Kier alpha value is -2.69. The average molecular weight is 299 g/mol. The molecule has 0 spiro atoms. The van der Waals surface area contributed by atoms with Gasteiger partial charge in [0, 0.05) is 30.6 Å². The Balaban J connectivity index is 2.16. The minimum absolute atomic E-state index is 0.345. The lowest BCUT2D eigenvalue weighted by Crippen LogP contribution is -2.11. The van der Waals surface area contributed by atoms with Crippen molar-refractivity contribution < 1.29 is 8.78 Å². The van der Waals surface area contributed by atoms with Gasteiger partial charge in [0.05, 0.1) is 11.9 Å². The third-order valence-corrected chi connectivity index (χ3v) is 3.37. The average Bonchev–Trinajstić information content (AvgIpc) is 2.47. The van der Waals surface area contributed by atoms with Crippen LogP contribution < -0.4 is 10.2 Å². The van der Waals surface area contributed by atoms with E-state index in [-0.39, 0.29) is 11.6 Å². The Labute approximate surface area is 127 Å². The van der Waals surface area contributed by atoms with E-state index in [0.29, 0.717) is 28.0 Å². The minimum atomic E-state index is -0.354. The van der Waals surface area contributed by atoms with Crippen molar-refractivity contribution in [1.82, 2.24) is 4.98 Å². The highest BCUT2D eigenvalue weighted by Gasteiger charge is 2.13. The molecule has 3 rings (SSSR count). The van der Waals surface area contributed by atoms with Gasteiger partial charge in [0.1, 0.15) is 17.5 Å². The number of rotatable bonds is 3. The summed E-state index contributed by atoms with van der Waals surface area (Å²) >= 11 is 0. The van der Waals surface area contributed by atoms with E-state index >= 15 is 0 Å². The van der Waals surface area contributed by atoms with Crippen LogP contribution in [0, 0.1) is 11.6 Å². The molecule has 112 valence electrons. The topological polar surface area (TPSA) is 28.2 Å². The van der Waals surface area contributed by atoms with Gasteiger partial charge in [-0.2, -0.15) is 0 Å². The molecule has 5 heteroatoms. The predicted octanol–water partition coefficient (Wildman–Crippen LogP) is 4.32. The molecule has 1 heterocycles. The van der Waals surface area contributed by atoms with E-state index in [0.717, 1.165) is 0 Å². The number of pyridine rings is 1. The largest absolute Gasteiger partial charge is 0.362 e. The summed E-state index contributed by atoms with van der Waals surface area (Å²) in [5.74, 6) is -0.0196. The SMILES string of the molecule is CN(C)c1ncc(Nc2cccc(F)c2)c2c(F)cccc12. The zero-order chi connectivity index (χ0) is 15.7. The molecule has 0 saturated carbocycles. The molecule has 1 N–H and O–H groups in total. The second kappa shape index (κ2) is 5.60. The molecule has 0 radical (unpaired) electrons. The third kappa shape index (κ3) is 2.57. The number of halogens is 2. The van der Waals surface area contributed by atoms with E-state index in [1.807, 2.05) is 25.1 Å². The number of fused-ring (bicyclic) bond motifs is 1. The van der Waals surface area contributed by atoms with Gasteiger partial charge in [-0.05, 0) is 24.3 Å². The first-order chi connectivity index (χ1) is 10.6. The van der Waals surface area contributed by atoms with Crippen molar-refractivity contribution in [2.45, 2.75) is 0 Å². The summed E-state index contributed by atoms with van der Waals surface area (Å²) in [6.45, 7) is 0. The number of aromatic nitrogens is 1. The van der Waals surface area contributed by atoms with Crippen molar-refractivity contribution in [3.63, 3.8) is 0 Å². The Morgan fingerprint density at radius 1 is 1.05 bits per heavy atom. The van der Waals surface area contributed by atoms with Crippen molar-refractivity contribution in [3.8, 4) is 0 Å². The number of anilines is 3. The zero-order valence-corrected chi connectivity index (χ0v) is 12.3. The summed E-state index contributed by atoms with van der Waals surface area (Å²) in [6, 6.07) is 10.9. The maximum atomic E-state index is 14.3. The van der Waals surface area contributed by atoms with E-state index in [2.05, 4.69) is 10.3 Å². The van der Waals surface area contributed by atoms with Gasteiger partial charge in [0.15, 0.2) is 0 Å². The quantitative estimate of drug-likeness (QED) is 0.780. The van der Waals surface area contributed by atoms with Gasteiger partial charge >= 0.3 is 0 Å². The number of benzene rings is 2. The molecule has 0 bridgehead atoms. The van der Waals surface area contributed by atoms with Crippen molar-refractivity contribution in [2.24, 2.45) is 0 Å². The van der Waals surface area contributed by atoms with Crippen LogP contribution >= 0.6 is 0 Å². The van der Waals surface area contributed by atoms with Crippen molar-refractivity contribution in [3.05, 3.63) is 60.3 Å². The van der Waals surface area contributed by atoms with Gasteiger partial charge in [0.25, 0.3) is 0 Å².